The lowest BCUT2D eigenvalue weighted by Crippen LogP contribution is -2.54. The fourth-order valence-corrected chi connectivity index (χ4v) is 3.09. The molecule has 1 amide bonds. The molecule has 1 saturated heterocycles. The van der Waals surface area contributed by atoms with Gasteiger partial charge in [0.05, 0.1) is 11.2 Å². The molecule has 3 heterocycles. The first-order valence-corrected chi connectivity index (χ1v) is 8.46. The first kappa shape index (κ1) is 16.9. The van der Waals surface area contributed by atoms with Crippen molar-refractivity contribution in [2.45, 2.75) is 25.9 Å². The molecular formula is C17H22ClN5O. The molecule has 0 spiro atoms. The SMILES string of the molecule is CC(C)(C(=O)N1CCN(Cc2cccnc2)CC1)n1cc(Cl)cn1. The minimum atomic E-state index is -0.737. The molecule has 0 atom stereocenters. The van der Waals surface area contributed by atoms with Crippen molar-refractivity contribution < 1.29 is 4.79 Å². The molecule has 0 saturated carbocycles. The van der Waals surface area contributed by atoms with Gasteiger partial charge in [-0.1, -0.05) is 17.7 Å². The van der Waals surface area contributed by atoms with Gasteiger partial charge < -0.3 is 4.90 Å². The van der Waals surface area contributed by atoms with Gasteiger partial charge in [-0.25, -0.2) is 0 Å². The highest BCUT2D eigenvalue weighted by molar-refractivity contribution is 6.30. The molecule has 24 heavy (non-hydrogen) atoms. The second-order valence-corrected chi connectivity index (χ2v) is 7.03. The molecule has 2 aromatic heterocycles. The average Bonchev–Trinajstić information content (AvgIpc) is 3.03. The van der Waals surface area contributed by atoms with Crippen LogP contribution in [0.15, 0.2) is 36.9 Å². The summed E-state index contributed by atoms with van der Waals surface area (Å²) in [4.78, 5) is 21.3. The number of rotatable bonds is 4. The molecule has 1 fully saturated rings. The first-order valence-electron chi connectivity index (χ1n) is 8.08. The Morgan fingerprint density at radius 1 is 1.25 bits per heavy atom. The Balaban J connectivity index is 1.59. The summed E-state index contributed by atoms with van der Waals surface area (Å²) in [6, 6.07) is 4.03. The van der Waals surface area contributed by atoms with Crippen molar-refractivity contribution >= 4 is 17.5 Å². The van der Waals surface area contributed by atoms with Crippen LogP contribution in [-0.2, 0) is 16.9 Å². The summed E-state index contributed by atoms with van der Waals surface area (Å²) in [5.41, 5.74) is 0.461. The number of halogens is 1. The van der Waals surface area contributed by atoms with Crippen LogP contribution in [-0.4, -0.2) is 56.7 Å². The van der Waals surface area contributed by atoms with E-state index in [-0.39, 0.29) is 5.91 Å². The van der Waals surface area contributed by atoms with Crippen molar-refractivity contribution in [2.75, 3.05) is 26.2 Å². The van der Waals surface area contributed by atoms with Gasteiger partial charge in [0.15, 0.2) is 0 Å². The van der Waals surface area contributed by atoms with Gasteiger partial charge in [-0.2, -0.15) is 5.10 Å². The largest absolute Gasteiger partial charge is 0.338 e. The zero-order valence-corrected chi connectivity index (χ0v) is 14.8. The molecule has 7 heteroatoms. The lowest BCUT2D eigenvalue weighted by Gasteiger charge is -2.38. The third-order valence-corrected chi connectivity index (χ3v) is 4.63. The quantitative estimate of drug-likeness (QED) is 0.849. The van der Waals surface area contributed by atoms with E-state index in [0.29, 0.717) is 5.02 Å². The summed E-state index contributed by atoms with van der Waals surface area (Å²) in [6.07, 6.45) is 6.92. The Labute approximate surface area is 147 Å². The third-order valence-electron chi connectivity index (χ3n) is 4.44. The molecular weight excluding hydrogens is 326 g/mol. The van der Waals surface area contributed by atoms with E-state index in [1.165, 1.54) is 5.56 Å². The highest BCUT2D eigenvalue weighted by Gasteiger charge is 2.35. The van der Waals surface area contributed by atoms with Crippen LogP contribution in [0.25, 0.3) is 0 Å². The summed E-state index contributed by atoms with van der Waals surface area (Å²) < 4.78 is 1.64. The molecule has 0 bridgehead atoms. The van der Waals surface area contributed by atoms with E-state index in [1.54, 1.807) is 23.3 Å². The number of hydrogen-bond donors (Lipinski definition) is 0. The topological polar surface area (TPSA) is 54.3 Å². The molecule has 2 aromatic rings. The Hall–Kier alpha value is -1.92. The van der Waals surface area contributed by atoms with E-state index in [9.17, 15) is 4.79 Å². The molecule has 0 aromatic carbocycles. The number of piperazine rings is 1. The lowest BCUT2D eigenvalue weighted by molar-refractivity contribution is -0.141. The van der Waals surface area contributed by atoms with Crippen LogP contribution in [0.5, 0.6) is 0 Å². The maximum absolute atomic E-state index is 12.9. The molecule has 6 nitrogen and oxygen atoms in total. The monoisotopic (exact) mass is 347 g/mol. The Bertz CT molecular complexity index is 692. The van der Waals surface area contributed by atoms with E-state index in [1.807, 2.05) is 31.0 Å². The third kappa shape index (κ3) is 3.60. The molecule has 0 radical (unpaired) electrons. The highest BCUT2D eigenvalue weighted by Crippen LogP contribution is 2.21. The number of carbonyl (C=O) groups is 1. The second-order valence-electron chi connectivity index (χ2n) is 6.59. The predicted molar refractivity (Wildman–Crippen MR) is 92.7 cm³/mol. The number of aromatic nitrogens is 3. The van der Waals surface area contributed by atoms with Crippen LogP contribution in [0.3, 0.4) is 0 Å². The van der Waals surface area contributed by atoms with Crippen LogP contribution < -0.4 is 0 Å². The fourth-order valence-electron chi connectivity index (χ4n) is 2.95. The number of pyridine rings is 1. The molecule has 128 valence electrons. The predicted octanol–water partition coefficient (Wildman–Crippen LogP) is 2.01. The van der Waals surface area contributed by atoms with Gasteiger partial charge in [0.1, 0.15) is 5.54 Å². The number of carbonyl (C=O) groups excluding carboxylic acids is 1. The van der Waals surface area contributed by atoms with Crippen molar-refractivity contribution in [3.63, 3.8) is 0 Å². The van der Waals surface area contributed by atoms with E-state index in [4.69, 9.17) is 11.6 Å². The van der Waals surface area contributed by atoms with E-state index in [0.717, 1.165) is 32.7 Å². The molecule has 1 aliphatic rings. The van der Waals surface area contributed by atoms with Crippen LogP contribution >= 0.6 is 11.6 Å². The van der Waals surface area contributed by atoms with Gasteiger partial charge in [-0.05, 0) is 25.5 Å². The van der Waals surface area contributed by atoms with Gasteiger partial charge in [-0.15, -0.1) is 0 Å². The minimum absolute atomic E-state index is 0.0725. The van der Waals surface area contributed by atoms with Crippen LogP contribution in [0, 0.1) is 0 Å². The number of hydrogen-bond acceptors (Lipinski definition) is 4. The normalized spacial score (nSPS) is 16.4. The summed E-state index contributed by atoms with van der Waals surface area (Å²) in [5.74, 6) is 0.0725. The highest BCUT2D eigenvalue weighted by atomic mass is 35.5. The average molecular weight is 348 g/mol. The van der Waals surface area contributed by atoms with E-state index >= 15 is 0 Å². The van der Waals surface area contributed by atoms with Gasteiger partial charge in [-0.3, -0.25) is 19.4 Å². The molecule has 0 unspecified atom stereocenters. The zero-order chi connectivity index (χ0) is 17.2. The van der Waals surface area contributed by atoms with Crippen molar-refractivity contribution in [3.05, 3.63) is 47.5 Å². The van der Waals surface area contributed by atoms with Gasteiger partial charge in [0, 0.05) is 51.3 Å². The summed E-state index contributed by atoms with van der Waals surface area (Å²) >= 11 is 5.93. The minimum Gasteiger partial charge on any atom is -0.338 e. The Kier molecular flexibility index (Phi) is 4.87. The van der Waals surface area contributed by atoms with Gasteiger partial charge in [0.2, 0.25) is 5.91 Å². The van der Waals surface area contributed by atoms with Crippen molar-refractivity contribution in [2.24, 2.45) is 0 Å². The number of amides is 1. The van der Waals surface area contributed by atoms with Crippen LogP contribution in [0.2, 0.25) is 5.02 Å². The maximum Gasteiger partial charge on any atom is 0.250 e. The zero-order valence-electron chi connectivity index (χ0n) is 14.0. The Morgan fingerprint density at radius 3 is 2.58 bits per heavy atom. The van der Waals surface area contributed by atoms with Crippen LogP contribution in [0.1, 0.15) is 19.4 Å². The fraction of sp³-hybridized carbons (Fsp3) is 0.471. The maximum atomic E-state index is 12.9. The van der Waals surface area contributed by atoms with E-state index < -0.39 is 5.54 Å². The lowest BCUT2D eigenvalue weighted by atomic mass is 10.0. The van der Waals surface area contributed by atoms with E-state index in [2.05, 4.69) is 21.0 Å². The van der Waals surface area contributed by atoms with Crippen LogP contribution in [0.4, 0.5) is 0 Å². The molecule has 0 aliphatic carbocycles. The van der Waals surface area contributed by atoms with Gasteiger partial charge >= 0.3 is 0 Å². The summed E-state index contributed by atoms with van der Waals surface area (Å²) in [6.45, 7) is 7.78. The Morgan fingerprint density at radius 2 is 2.00 bits per heavy atom. The summed E-state index contributed by atoms with van der Waals surface area (Å²) in [5, 5.41) is 4.73. The molecule has 0 N–H and O–H groups in total. The second kappa shape index (κ2) is 6.91. The number of nitrogens with zero attached hydrogens (tertiary/aromatic N) is 5. The van der Waals surface area contributed by atoms with Crippen molar-refractivity contribution in [3.8, 4) is 0 Å². The standard InChI is InChI=1S/C17H22ClN5O/c1-17(2,23-13-15(18)11-20-23)16(24)22-8-6-21(7-9-22)12-14-4-3-5-19-10-14/h3-5,10-11,13H,6-9,12H2,1-2H3. The first-order chi connectivity index (χ1) is 11.5. The molecule has 1 aliphatic heterocycles. The summed E-state index contributed by atoms with van der Waals surface area (Å²) in [7, 11) is 0. The smallest absolute Gasteiger partial charge is 0.250 e. The molecule has 3 rings (SSSR count). The van der Waals surface area contributed by atoms with Gasteiger partial charge in [0.25, 0.3) is 0 Å². The van der Waals surface area contributed by atoms with Crippen molar-refractivity contribution in [1.82, 2.24) is 24.6 Å². The van der Waals surface area contributed by atoms with Crippen molar-refractivity contribution in [1.29, 1.82) is 0 Å².